The number of nitrogens with zero attached hydrogens (tertiary/aromatic N) is 2. The van der Waals surface area contributed by atoms with E-state index in [2.05, 4.69) is 17.6 Å². The highest BCUT2D eigenvalue weighted by Gasteiger charge is 2.15. The number of nitro benzene ring substituents is 1. The van der Waals surface area contributed by atoms with Crippen molar-refractivity contribution in [3.05, 3.63) is 80.5 Å². The van der Waals surface area contributed by atoms with Crippen molar-refractivity contribution in [1.29, 1.82) is 5.26 Å². The molecule has 0 saturated carbocycles. The number of rotatable bonds is 7. The highest BCUT2D eigenvalue weighted by molar-refractivity contribution is 6.32. The normalized spacial score (nSPS) is 12.0. The molecule has 0 spiro atoms. The van der Waals surface area contributed by atoms with E-state index in [1.165, 1.54) is 30.0 Å². The SMILES string of the molecule is CCc1ccc(C(C)NC(=O)/C(C#N)=C\Nc2ccc(Cl)c([N+](=O)[O-])c2)cc1. The molecule has 0 aliphatic rings. The average molecular weight is 399 g/mol. The number of halogens is 1. The van der Waals surface area contributed by atoms with Gasteiger partial charge in [-0.3, -0.25) is 14.9 Å². The van der Waals surface area contributed by atoms with E-state index < -0.39 is 10.8 Å². The molecule has 144 valence electrons. The Morgan fingerprint density at radius 3 is 2.57 bits per heavy atom. The molecule has 0 fully saturated rings. The molecule has 0 aliphatic heterocycles. The van der Waals surface area contributed by atoms with Gasteiger partial charge >= 0.3 is 0 Å². The number of carbonyl (C=O) groups is 1. The van der Waals surface area contributed by atoms with Crippen molar-refractivity contribution >= 4 is 28.9 Å². The lowest BCUT2D eigenvalue weighted by atomic mass is 10.0. The molecule has 0 bridgehead atoms. The molecular formula is C20H19ClN4O3. The van der Waals surface area contributed by atoms with Crippen molar-refractivity contribution in [3.8, 4) is 6.07 Å². The van der Waals surface area contributed by atoms with Crippen molar-refractivity contribution in [2.45, 2.75) is 26.3 Å². The predicted molar refractivity (Wildman–Crippen MR) is 108 cm³/mol. The van der Waals surface area contributed by atoms with Crippen LogP contribution in [0.3, 0.4) is 0 Å². The van der Waals surface area contributed by atoms with E-state index in [0.717, 1.165) is 12.0 Å². The van der Waals surface area contributed by atoms with Gasteiger partial charge in [-0.25, -0.2) is 0 Å². The maximum atomic E-state index is 12.4. The Hall–Kier alpha value is -3.37. The van der Waals surface area contributed by atoms with Crippen molar-refractivity contribution in [2.75, 3.05) is 5.32 Å². The van der Waals surface area contributed by atoms with Crippen LogP contribution in [0.1, 0.15) is 31.0 Å². The van der Waals surface area contributed by atoms with Gasteiger partial charge in [0.05, 0.1) is 11.0 Å². The van der Waals surface area contributed by atoms with E-state index in [1.807, 2.05) is 37.3 Å². The maximum absolute atomic E-state index is 12.4. The van der Waals surface area contributed by atoms with Crippen LogP contribution in [0.5, 0.6) is 0 Å². The molecule has 28 heavy (non-hydrogen) atoms. The van der Waals surface area contributed by atoms with Gasteiger partial charge in [-0.15, -0.1) is 0 Å². The van der Waals surface area contributed by atoms with E-state index in [0.29, 0.717) is 5.69 Å². The third kappa shape index (κ3) is 5.32. The van der Waals surface area contributed by atoms with Crippen LogP contribution in [0.2, 0.25) is 5.02 Å². The topological polar surface area (TPSA) is 108 Å². The van der Waals surface area contributed by atoms with Crippen LogP contribution in [0.25, 0.3) is 0 Å². The van der Waals surface area contributed by atoms with Gasteiger partial charge < -0.3 is 10.6 Å². The van der Waals surface area contributed by atoms with Gasteiger partial charge in [-0.2, -0.15) is 5.26 Å². The second-order valence-electron chi connectivity index (χ2n) is 6.03. The second-order valence-corrected chi connectivity index (χ2v) is 6.43. The van der Waals surface area contributed by atoms with Gasteiger partial charge in [-0.05, 0) is 36.6 Å². The van der Waals surface area contributed by atoms with Crippen LogP contribution < -0.4 is 10.6 Å². The zero-order valence-electron chi connectivity index (χ0n) is 15.4. The van der Waals surface area contributed by atoms with Crippen LogP contribution in [0.15, 0.2) is 54.2 Å². The van der Waals surface area contributed by atoms with Crippen molar-refractivity contribution in [3.63, 3.8) is 0 Å². The molecule has 1 atom stereocenters. The standard InChI is InChI=1S/C20H19ClN4O3/c1-3-14-4-6-15(7-5-14)13(2)24-20(26)16(11-22)12-23-17-8-9-18(21)19(10-17)25(27)28/h4-10,12-13,23H,3H2,1-2H3,(H,24,26)/b16-12-. The average Bonchev–Trinajstić information content (AvgIpc) is 2.69. The Morgan fingerprint density at radius 1 is 1.32 bits per heavy atom. The van der Waals surface area contributed by atoms with Gasteiger partial charge in [0, 0.05) is 18.0 Å². The minimum absolute atomic E-state index is 0.000644. The molecule has 0 aromatic heterocycles. The van der Waals surface area contributed by atoms with Gasteiger partial charge in [0.15, 0.2) is 0 Å². The second kappa shape index (κ2) is 9.53. The molecule has 2 N–H and O–H groups in total. The van der Waals surface area contributed by atoms with Crippen LogP contribution in [-0.2, 0) is 11.2 Å². The summed E-state index contributed by atoms with van der Waals surface area (Å²) in [7, 11) is 0. The van der Waals surface area contributed by atoms with E-state index >= 15 is 0 Å². The summed E-state index contributed by atoms with van der Waals surface area (Å²) in [6, 6.07) is 13.5. The molecule has 8 heteroatoms. The number of hydrogen-bond donors (Lipinski definition) is 2. The molecular weight excluding hydrogens is 380 g/mol. The minimum atomic E-state index is -0.610. The number of nitro groups is 1. The van der Waals surface area contributed by atoms with Crippen molar-refractivity contribution < 1.29 is 9.72 Å². The summed E-state index contributed by atoms with van der Waals surface area (Å²) in [5, 5.41) is 25.7. The maximum Gasteiger partial charge on any atom is 0.289 e. The molecule has 0 heterocycles. The van der Waals surface area contributed by atoms with Gasteiger partial charge in [-0.1, -0.05) is 42.8 Å². The Labute approximate surface area is 167 Å². The number of aryl methyl sites for hydroxylation is 1. The number of hydrogen-bond acceptors (Lipinski definition) is 5. The summed E-state index contributed by atoms with van der Waals surface area (Å²) in [5.41, 5.74) is 2.02. The Balaban J connectivity index is 2.09. The summed E-state index contributed by atoms with van der Waals surface area (Å²) in [6.07, 6.45) is 2.13. The molecule has 0 saturated heterocycles. The fourth-order valence-electron chi connectivity index (χ4n) is 2.45. The van der Waals surface area contributed by atoms with Crippen LogP contribution in [0.4, 0.5) is 11.4 Å². The molecule has 0 aliphatic carbocycles. The molecule has 2 aromatic carbocycles. The summed E-state index contributed by atoms with van der Waals surface area (Å²) < 4.78 is 0. The predicted octanol–water partition coefficient (Wildman–Crippen LogP) is 4.51. The number of anilines is 1. The number of nitriles is 1. The first-order chi connectivity index (χ1) is 13.3. The Morgan fingerprint density at radius 2 is 2.00 bits per heavy atom. The van der Waals surface area contributed by atoms with Crippen molar-refractivity contribution in [1.82, 2.24) is 5.32 Å². The first-order valence-corrected chi connectivity index (χ1v) is 8.94. The van der Waals surface area contributed by atoms with E-state index in [9.17, 15) is 20.2 Å². The zero-order valence-corrected chi connectivity index (χ0v) is 16.2. The molecule has 7 nitrogen and oxygen atoms in total. The smallest absolute Gasteiger partial charge is 0.289 e. The number of amides is 1. The van der Waals surface area contributed by atoms with Crippen LogP contribution in [-0.4, -0.2) is 10.8 Å². The molecule has 0 radical (unpaired) electrons. The zero-order chi connectivity index (χ0) is 20.7. The number of nitrogens with one attached hydrogen (secondary N) is 2. The summed E-state index contributed by atoms with van der Waals surface area (Å²) >= 11 is 5.76. The Kier molecular flexibility index (Phi) is 7.13. The third-order valence-electron chi connectivity index (χ3n) is 4.13. The lowest BCUT2D eigenvalue weighted by Gasteiger charge is -2.14. The number of carbonyl (C=O) groups excluding carboxylic acids is 1. The first-order valence-electron chi connectivity index (χ1n) is 8.56. The summed E-state index contributed by atoms with van der Waals surface area (Å²) in [5.74, 6) is -0.550. The minimum Gasteiger partial charge on any atom is -0.360 e. The summed E-state index contributed by atoms with van der Waals surface area (Å²) in [6.45, 7) is 3.89. The van der Waals surface area contributed by atoms with E-state index in [1.54, 1.807) is 0 Å². The number of benzene rings is 2. The molecule has 1 amide bonds. The van der Waals surface area contributed by atoms with Crippen molar-refractivity contribution in [2.24, 2.45) is 0 Å². The van der Waals surface area contributed by atoms with Crippen LogP contribution >= 0.6 is 11.6 Å². The first kappa shape index (κ1) is 20.9. The van der Waals surface area contributed by atoms with E-state index in [-0.39, 0.29) is 22.3 Å². The summed E-state index contributed by atoms with van der Waals surface area (Å²) in [4.78, 5) is 22.7. The highest BCUT2D eigenvalue weighted by Crippen LogP contribution is 2.27. The largest absolute Gasteiger partial charge is 0.360 e. The fourth-order valence-corrected chi connectivity index (χ4v) is 2.63. The monoisotopic (exact) mass is 398 g/mol. The van der Waals surface area contributed by atoms with Gasteiger partial charge in [0.2, 0.25) is 0 Å². The molecule has 2 rings (SSSR count). The quantitative estimate of drug-likeness (QED) is 0.309. The third-order valence-corrected chi connectivity index (χ3v) is 4.45. The van der Waals surface area contributed by atoms with Gasteiger partial charge in [0.25, 0.3) is 11.6 Å². The highest BCUT2D eigenvalue weighted by atomic mass is 35.5. The molecule has 1 unspecified atom stereocenters. The van der Waals surface area contributed by atoms with E-state index in [4.69, 9.17) is 11.6 Å². The van der Waals surface area contributed by atoms with Gasteiger partial charge in [0.1, 0.15) is 16.7 Å². The fraction of sp³-hybridized carbons (Fsp3) is 0.200. The lowest BCUT2D eigenvalue weighted by molar-refractivity contribution is -0.384. The molecule has 2 aromatic rings. The lowest BCUT2D eigenvalue weighted by Crippen LogP contribution is -2.28. The van der Waals surface area contributed by atoms with Crippen LogP contribution in [0, 0.1) is 21.4 Å². The Bertz CT molecular complexity index is 949.